The number of hydrogen-bond donors (Lipinski definition) is 2. The first-order valence-electron chi connectivity index (χ1n) is 9.94. The van der Waals surface area contributed by atoms with Crippen molar-refractivity contribution in [2.24, 2.45) is 4.99 Å². The van der Waals surface area contributed by atoms with Gasteiger partial charge in [-0.15, -0.1) is 0 Å². The molecule has 0 aromatic heterocycles. The molecule has 0 atom stereocenters. The standard InChI is InChI=1S/C22H29N5O/c1-2-23-22(25-14-13-24-21(28)19-9-5-3-6-10-19)27-17-15-26(16-18-27)20-11-7-4-8-12-20/h3-12H,2,13-18H2,1H3,(H,23,25)(H,24,28). The zero-order valence-electron chi connectivity index (χ0n) is 16.5. The first-order chi connectivity index (χ1) is 13.8. The average Bonchev–Trinajstić information content (AvgIpc) is 2.77. The molecule has 1 amide bonds. The van der Waals surface area contributed by atoms with E-state index in [4.69, 9.17) is 4.99 Å². The van der Waals surface area contributed by atoms with Gasteiger partial charge in [-0.25, -0.2) is 0 Å². The molecular formula is C22H29N5O. The zero-order chi connectivity index (χ0) is 19.6. The van der Waals surface area contributed by atoms with E-state index < -0.39 is 0 Å². The fraction of sp³-hybridized carbons (Fsp3) is 0.364. The number of benzene rings is 2. The first-order valence-corrected chi connectivity index (χ1v) is 9.94. The number of guanidine groups is 1. The third-order valence-electron chi connectivity index (χ3n) is 4.73. The Hall–Kier alpha value is -3.02. The van der Waals surface area contributed by atoms with Gasteiger partial charge in [-0.2, -0.15) is 0 Å². The first kappa shape index (κ1) is 19.7. The minimum Gasteiger partial charge on any atom is -0.368 e. The monoisotopic (exact) mass is 379 g/mol. The highest BCUT2D eigenvalue weighted by atomic mass is 16.1. The molecule has 3 rings (SSSR count). The molecule has 2 aromatic carbocycles. The van der Waals surface area contributed by atoms with Crippen molar-refractivity contribution < 1.29 is 4.79 Å². The van der Waals surface area contributed by atoms with Gasteiger partial charge in [-0.1, -0.05) is 36.4 Å². The molecule has 2 N–H and O–H groups in total. The van der Waals surface area contributed by atoms with Crippen LogP contribution in [-0.2, 0) is 0 Å². The van der Waals surface area contributed by atoms with Gasteiger partial charge in [0.05, 0.1) is 6.54 Å². The van der Waals surface area contributed by atoms with E-state index in [-0.39, 0.29) is 5.91 Å². The summed E-state index contributed by atoms with van der Waals surface area (Å²) in [6, 6.07) is 19.8. The summed E-state index contributed by atoms with van der Waals surface area (Å²) in [5.41, 5.74) is 1.95. The number of piperazine rings is 1. The summed E-state index contributed by atoms with van der Waals surface area (Å²) in [6.07, 6.45) is 0. The van der Waals surface area contributed by atoms with Crippen LogP contribution in [0.15, 0.2) is 65.7 Å². The fourth-order valence-corrected chi connectivity index (χ4v) is 3.26. The molecule has 6 nitrogen and oxygen atoms in total. The Morgan fingerprint density at radius 1 is 0.929 bits per heavy atom. The number of nitrogens with one attached hydrogen (secondary N) is 2. The Labute approximate surface area is 167 Å². The molecule has 0 aliphatic carbocycles. The summed E-state index contributed by atoms with van der Waals surface area (Å²) >= 11 is 0. The second-order valence-corrected chi connectivity index (χ2v) is 6.67. The summed E-state index contributed by atoms with van der Waals surface area (Å²) in [7, 11) is 0. The number of rotatable bonds is 6. The Balaban J connectivity index is 1.48. The summed E-state index contributed by atoms with van der Waals surface area (Å²) in [6.45, 7) is 7.78. The zero-order valence-corrected chi connectivity index (χ0v) is 16.5. The molecule has 28 heavy (non-hydrogen) atoms. The van der Waals surface area contributed by atoms with Gasteiger partial charge in [-0.3, -0.25) is 9.79 Å². The van der Waals surface area contributed by atoms with Crippen LogP contribution >= 0.6 is 0 Å². The predicted molar refractivity (Wildman–Crippen MR) is 115 cm³/mol. The lowest BCUT2D eigenvalue weighted by Gasteiger charge is -2.37. The van der Waals surface area contributed by atoms with Gasteiger partial charge in [0.15, 0.2) is 5.96 Å². The third kappa shape index (κ3) is 5.49. The van der Waals surface area contributed by atoms with E-state index in [2.05, 4.69) is 51.6 Å². The Bertz CT molecular complexity index is 755. The second kappa shape index (κ2) is 10.3. The van der Waals surface area contributed by atoms with Gasteiger partial charge >= 0.3 is 0 Å². The van der Waals surface area contributed by atoms with Crippen LogP contribution in [0.2, 0.25) is 0 Å². The van der Waals surface area contributed by atoms with Gasteiger partial charge < -0.3 is 20.4 Å². The number of para-hydroxylation sites is 1. The lowest BCUT2D eigenvalue weighted by molar-refractivity contribution is 0.0955. The van der Waals surface area contributed by atoms with Crippen LogP contribution in [0, 0.1) is 0 Å². The molecule has 1 fully saturated rings. The summed E-state index contributed by atoms with van der Waals surface area (Å²) in [4.78, 5) is 21.5. The molecule has 6 heteroatoms. The van der Waals surface area contributed by atoms with Crippen molar-refractivity contribution in [3.8, 4) is 0 Å². The van der Waals surface area contributed by atoms with Gasteiger partial charge in [0.25, 0.3) is 5.91 Å². The van der Waals surface area contributed by atoms with E-state index in [1.54, 1.807) is 0 Å². The highest BCUT2D eigenvalue weighted by molar-refractivity contribution is 5.94. The Kier molecular flexibility index (Phi) is 7.29. The van der Waals surface area contributed by atoms with Crippen molar-refractivity contribution in [2.75, 3.05) is 50.7 Å². The largest absolute Gasteiger partial charge is 0.368 e. The van der Waals surface area contributed by atoms with Crippen LogP contribution in [0.3, 0.4) is 0 Å². The number of aliphatic imine (C=N–C) groups is 1. The van der Waals surface area contributed by atoms with E-state index in [0.29, 0.717) is 18.7 Å². The van der Waals surface area contributed by atoms with E-state index in [1.807, 2.05) is 36.4 Å². The van der Waals surface area contributed by atoms with Crippen LogP contribution in [0.5, 0.6) is 0 Å². The number of anilines is 1. The van der Waals surface area contributed by atoms with Crippen molar-refractivity contribution in [2.45, 2.75) is 6.92 Å². The molecule has 1 aliphatic heterocycles. The summed E-state index contributed by atoms with van der Waals surface area (Å²) < 4.78 is 0. The molecule has 1 saturated heterocycles. The molecule has 0 unspecified atom stereocenters. The second-order valence-electron chi connectivity index (χ2n) is 6.67. The Morgan fingerprint density at radius 2 is 1.57 bits per heavy atom. The molecule has 0 spiro atoms. The smallest absolute Gasteiger partial charge is 0.251 e. The fourth-order valence-electron chi connectivity index (χ4n) is 3.26. The topological polar surface area (TPSA) is 60.0 Å². The lowest BCUT2D eigenvalue weighted by atomic mass is 10.2. The maximum atomic E-state index is 12.1. The molecule has 0 saturated carbocycles. The van der Waals surface area contributed by atoms with Crippen molar-refractivity contribution in [3.63, 3.8) is 0 Å². The van der Waals surface area contributed by atoms with Crippen LogP contribution in [0.25, 0.3) is 0 Å². The minimum atomic E-state index is -0.0581. The number of nitrogens with zero attached hydrogens (tertiary/aromatic N) is 3. The number of hydrogen-bond acceptors (Lipinski definition) is 3. The van der Waals surface area contributed by atoms with E-state index in [1.165, 1.54) is 5.69 Å². The normalized spacial score (nSPS) is 14.7. The van der Waals surface area contributed by atoms with E-state index in [0.717, 1.165) is 38.7 Å². The molecule has 0 radical (unpaired) electrons. The van der Waals surface area contributed by atoms with Gasteiger partial charge in [0.2, 0.25) is 0 Å². The number of amides is 1. The molecule has 1 aliphatic rings. The quantitative estimate of drug-likeness (QED) is 0.459. The molecular weight excluding hydrogens is 350 g/mol. The van der Waals surface area contributed by atoms with Crippen LogP contribution < -0.4 is 15.5 Å². The summed E-state index contributed by atoms with van der Waals surface area (Å²) in [5.74, 6) is 0.862. The number of carbonyl (C=O) groups is 1. The van der Waals surface area contributed by atoms with Crippen LogP contribution in [0.4, 0.5) is 5.69 Å². The minimum absolute atomic E-state index is 0.0581. The van der Waals surface area contributed by atoms with Crippen molar-refractivity contribution >= 4 is 17.6 Å². The molecule has 1 heterocycles. The maximum Gasteiger partial charge on any atom is 0.251 e. The van der Waals surface area contributed by atoms with Gasteiger partial charge in [-0.05, 0) is 31.2 Å². The highest BCUT2D eigenvalue weighted by Crippen LogP contribution is 2.15. The highest BCUT2D eigenvalue weighted by Gasteiger charge is 2.19. The molecule has 2 aromatic rings. The van der Waals surface area contributed by atoms with Crippen LogP contribution in [0.1, 0.15) is 17.3 Å². The predicted octanol–water partition coefficient (Wildman–Crippen LogP) is 2.20. The van der Waals surface area contributed by atoms with Crippen molar-refractivity contribution in [3.05, 3.63) is 66.2 Å². The maximum absolute atomic E-state index is 12.1. The summed E-state index contributed by atoms with van der Waals surface area (Å²) in [5, 5.41) is 6.30. The third-order valence-corrected chi connectivity index (χ3v) is 4.73. The SMILES string of the molecule is CCNC(=NCCNC(=O)c1ccccc1)N1CCN(c2ccccc2)CC1. The van der Waals surface area contributed by atoms with E-state index in [9.17, 15) is 4.79 Å². The van der Waals surface area contributed by atoms with Crippen molar-refractivity contribution in [1.29, 1.82) is 0 Å². The molecule has 0 bridgehead atoms. The lowest BCUT2D eigenvalue weighted by Crippen LogP contribution is -2.52. The van der Waals surface area contributed by atoms with Crippen molar-refractivity contribution in [1.82, 2.24) is 15.5 Å². The number of carbonyl (C=O) groups excluding carboxylic acids is 1. The van der Waals surface area contributed by atoms with Gasteiger partial charge in [0.1, 0.15) is 0 Å². The van der Waals surface area contributed by atoms with E-state index >= 15 is 0 Å². The van der Waals surface area contributed by atoms with Crippen LogP contribution in [-0.4, -0.2) is 62.6 Å². The Morgan fingerprint density at radius 3 is 2.21 bits per heavy atom. The molecule has 148 valence electrons. The average molecular weight is 380 g/mol. The van der Waals surface area contributed by atoms with Gasteiger partial charge in [0, 0.05) is 50.5 Å².